The fourth-order valence-corrected chi connectivity index (χ4v) is 2.93. The van der Waals surface area contributed by atoms with Crippen LogP contribution in [0.1, 0.15) is 25.5 Å². The molecule has 0 saturated carbocycles. The number of benzene rings is 1. The van der Waals surface area contributed by atoms with Crippen molar-refractivity contribution in [3.8, 4) is 0 Å². The zero-order chi connectivity index (χ0) is 16.4. The fraction of sp³-hybridized carbons (Fsp3) is 0.333. The van der Waals surface area contributed by atoms with E-state index in [9.17, 15) is 9.59 Å². The molecule has 22 heavy (non-hydrogen) atoms. The van der Waals surface area contributed by atoms with E-state index in [1.807, 2.05) is 0 Å². The average molecular weight is 343 g/mol. The second kappa shape index (κ2) is 6.58. The third kappa shape index (κ3) is 2.91. The lowest BCUT2D eigenvalue weighted by Gasteiger charge is -2.33. The molecule has 118 valence electrons. The summed E-state index contributed by atoms with van der Waals surface area (Å²) in [5, 5.41) is 3.49. The number of nitrogens with zero attached hydrogens (tertiary/aromatic N) is 1. The Balaban J connectivity index is 2.61. The van der Waals surface area contributed by atoms with Gasteiger partial charge in [-0.15, -0.1) is 0 Å². The molecule has 0 spiro atoms. The molecule has 2 rings (SSSR count). The predicted octanol–water partition coefficient (Wildman–Crippen LogP) is 3.53. The lowest BCUT2D eigenvalue weighted by molar-refractivity contribution is -0.139. The van der Waals surface area contributed by atoms with Crippen LogP contribution in [0.3, 0.4) is 0 Å². The Morgan fingerprint density at radius 2 is 1.95 bits per heavy atom. The Morgan fingerprint density at radius 1 is 1.36 bits per heavy atom. The van der Waals surface area contributed by atoms with Crippen LogP contribution in [0.5, 0.6) is 0 Å². The summed E-state index contributed by atoms with van der Waals surface area (Å²) in [5.74, 6) is -0.507. The lowest BCUT2D eigenvalue weighted by atomic mass is 9.95. The van der Waals surface area contributed by atoms with Gasteiger partial charge in [-0.05, 0) is 26.0 Å². The number of esters is 1. The Morgan fingerprint density at radius 3 is 2.50 bits per heavy atom. The number of carbonyl (C=O) groups excluding carboxylic acids is 2. The lowest BCUT2D eigenvalue weighted by Crippen LogP contribution is -2.46. The van der Waals surface area contributed by atoms with Crippen LogP contribution in [-0.4, -0.2) is 30.6 Å². The van der Waals surface area contributed by atoms with E-state index < -0.39 is 12.0 Å². The van der Waals surface area contributed by atoms with Crippen molar-refractivity contribution < 1.29 is 14.3 Å². The monoisotopic (exact) mass is 342 g/mol. The summed E-state index contributed by atoms with van der Waals surface area (Å²) in [5.41, 5.74) is 1.30. The van der Waals surface area contributed by atoms with Crippen LogP contribution in [0.25, 0.3) is 0 Å². The van der Waals surface area contributed by atoms with Crippen molar-refractivity contribution in [1.29, 1.82) is 0 Å². The van der Waals surface area contributed by atoms with Crippen molar-refractivity contribution >= 4 is 35.2 Å². The zero-order valence-electron chi connectivity index (χ0n) is 12.4. The van der Waals surface area contributed by atoms with Gasteiger partial charge in [-0.1, -0.05) is 29.3 Å². The standard InChI is InChI=1S/C15H16Cl2N2O3/c1-4-22-14(20)11-8(2)19(3)15(21)18-13(11)12-9(16)6-5-7-10(12)17/h5-7,13H,4H2,1-3H3,(H,18,21)/t13-/m1/s1. The van der Waals surface area contributed by atoms with Gasteiger partial charge in [0.25, 0.3) is 0 Å². The first-order valence-corrected chi connectivity index (χ1v) is 7.50. The smallest absolute Gasteiger partial charge is 0.338 e. The summed E-state index contributed by atoms with van der Waals surface area (Å²) in [6.45, 7) is 3.63. The molecule has 1 aromatic rings. The molecule has 1 N–H and O–H groups in total. The Labute approximate surface area is 138 Å². The molecule has 0 fully saturated rings. The van der Waals surface area contributed by atoms with Crippen molar-refractivity contribution in [3.63, 3.8) is 0 Å². The van der Waals surface area contributed by atoms with Gasteiger partial charge in [-0.2, -0.15) is 0 Å². The van der Waals surface area contributed by atoms with E-state index in [1.165, 1.54) is 4.90 Å². The predicted molar refractivity (Wildman–Crippen MR) is 84.8 cm³/mol. The number of hydrogen-bond donors (Lipinski definition) is 1. The third-order valence-corrected chi connectivity index (χ3v) is 4.20. The highest BCUT2D eigenvalue weighted by Crippen LogP contribution is 2.38. The topological polar surface area (TPSA) is 58.6 Å². The van der Waals surface area contributed by atoms with E-state index in [1.54, 1.807) is 39.1 Å². The molecule has 0 bridgehead atoms. The van der Waals surface area contributed by atoms with Crippen LogP contribution in [0.4, 0.5) is 4.79 Å². The van der Waals surface area contributed by atoms with E-state index in [4.69, 9.17) is 27.9 Å². The Kier molecular flexibility index (Phi) is 4.98. The van der Waals surface area contributed by atoms with Gasteiger partial charge in [0.05, 0.1) is 18.2 Å². The normalized spacial score (nSPS) is 18.3. The molecule has 1 aliphatic rings. The van der Waals surface area contributed by atoms with E-state index in [0.717, 1.165) is 0 Å². The molecular formula is C15H16Cl2N2O3. The number of hydrogen-bond acceptors (Lipinski definition) is 3. The first-order chi connectivity index (χ1) is 10.4. The van der Waals surface area contributed by atoms with Crippen molar-refractivity contribution in [2.75, 3.05) is 13.7 Å². The number of nitrogens with one attached hydrogen (secondary N) is 1. The van der Waals surface area contributed by atoms with Gasteiger partial charge in [-0.25, -0.2) is 9.59 Å². The number of rotatable bonds is 3. The van der Waals surface area contributed by atoms with Gasteiger partial charge in [0.2, 0.25) is 0 Å². The number of halogens is 2. The molecule has 1 aliphatic heterocycles. The molecule has 7 heteroatoms. The maximum atomic E-state index is 12.3. The summed E-state index contributed by atoms with van der Waals surface area (Å²) in [6, 6.07) is 3.93. The molecule has 0 radical (unpaired) electrons. The van der Waals surface area contributed by atoms with Crippen molar-refractivity contribution in [2.24, 2.45) is 0 Å². The van der Waals surface area contributed by atoms with Crippen LogP contribution in [0.15, 0.2) is 29.5 Å². The van der Waals surface area contributed by atoms with E-state index >= 15 is 0 Å². The minimum absolute atomic E-state index is 0.232. The summed E-state index contributed by atoms with van der Waals surface area (Å²) in [4.78, 5) is 25.8. The van der Waals surface area contributed by atoms with E-state index in [0.29, 0.717) is 26.9 Å². The fourth-order valence-electron chi connectivity index (χ4n) is 2.31. The number of allylic oxidation sites excluding steroid dienone is 1. The van der Waals surface area contributed by atoms with Crippen LogP contribution >= 0.6 is 23.2 Å². The highest BCUT2D eigenvalue weighted by Gasteiger charge is 2.36. The van der Waals surface area contributed by atoms with Gasteiger partial charge in [0.15, 0.2) is 0 Å². The van der Waals surface area contributed by atoms with Crippen molar-refractivity contribution in [2.45, 2.75) is 19.9 Å². The molecule has 1 aromatic carbocycles. The molecule has 2 amide bonds. The van der Waals surface area contributed by atoms with Crippen LogP contribution < -0.4 is 5.32 Å². The highest BCUT2D eigenvalue weighted by atomic mass is 35.5. The average Bonchev–Trinajstić information content (AvgIpc) is 2.45. The second-order valence-electron chi connectivity index (χ2n) is 4.80. The molecule has 5 nitrogen and oxygen atoms in total. The quantitative estimate of drug-likeness (QED) is 0.855. The first-order valence-electron chi connectivity index (χ1n) is 6.74. The van der Waals surface area contributed by atoms with Crippen LogP contribution in [0.2, 0.25) is 10.0 Å². The minimum atomic E-state index is -0.746. The van der Waals surface area contributed by atoms with Gasteiger partial charge >= 0.3 is 12.0 Å². The van der Waals surface area contributed by atoms with Crippen molar-refractivity contribution in [1.82, 2.24) is 10.2 Å². The summed E-state index contributed by atoms with van der Waals surface area (Å²) in [6.07, 6.45) is 0. The van der Waals surface area contributed by atoms with Crippen LogP contribution in [-0.2, 0) is 9.53 Å². The van der Waals surface area contributed by atoms with Crippen LogP contribution in [0, 0.1) is 0 Å². The van der Waals surface area contributed by atoms with E-state index in [2.05, 4.69) is 5.32 Å². The van der Waals surface area contributed by atoms with Crippen molar-refractivity contribution in [3.05, 3.63) is 45.1 Å². The number of ether oxygens (including phenoxy) is 1. The summed E-state index contributed by atoms with van der Waals surface area (Å²) in [7, 11) is 1.58. The number of urea groups is 1. The maximum absolute atomic E-state index is 12.3. The Bertz CT molecular complexity index is 638. The number of carbonyl (C=O) groups is 2. The third-order valence-electron chi connectivity index (χ3n) is 3.54. The molecule has 1 heterocycles. The summed E-state index contributed by atoms with van der Waals surface area (Å²) < 4.78 is 5.11. The van der Waals surface area contributed by atoms with E-state index in [-0.39, 0.29) is 12.6 Å². The Hall–Kier alpha value is -1.72. The number of amides is 2. The molecular weight excluding hydrogens is 327 g/mol. The summed E-state index contributed by atoms with van der Waals surface area (Å²) >= 11 is 12.4. The zero-order valence-corrected chi connectivity index (χ0v) is 14.0. The maximum Gasteiger partial charge on any atom is 0.338 e. The molecule has 0 saturated heterocycles. The minimum Gasteiger partial charge on any atom is -0.463 e. The first kappa shape index (κ1) is 16.6. The second-order valence-corrected chi connectivity index (χ2v) is 5.61. The van der Waals surface area contributed by atoms with Gasteiger partial charge < -0.3 is 15.0 Å². The SMILES string of the molecule is CCOC(=O)C1=C(C)N(C)C(=O)N[C@H]1c1c(Cl)cccc1Cl. The van der Waals surface area contributed by atoms with Gasteiger partial charge in [-0.3, -0.25) is 0 Å². The largest absolute Gasteiger partial charge is 0.463 e. The van der Waals surface area contributed by atoms with Gasteiger partial charge in [0.1, 0.15) is 0 Å². The molecule has 1 atom stereocenters. The molecule has 0 aromatic heterocycles. The highest BCUT2D eigenvalue weighted by molar-refractivity contribution is 6.36. The molecule has 0 unspecified atom stereocenters. The molecule has 0 aliphatic carbocycles. The van der Waals surface area contributed by atoms with Gasteiger partial charge in [0, 0.05) is 28.4 Å².